The molecule has 1 aromatic rings. The minimum absolute atomic E-state index is 0.173. The van der Waals surface area contributed by atoms with Gasteiger partial charge in [-0.05, 0) is 18.6 Å². The van der Waals surface area contributed by atoms with E-state index < -0.39 is 30.3 Å². The fourth-order valence-electron chi connectivity index (χ4n) is 3.08. The summed E-state index contributed by atoms with van der Waals surface area (Å²) in [6.45, 7) is 1.70. The number of aliphatic imine (C=N–C) groups is 1. The van der Waals surface area contributed by atoms with Gasteiger partial charge in [0, 0.05) is 5.57 Å². The summed E-state index contributed by atoms with van der Waals surface area (Å²) in [6.07, 6.45) is 3.73. The van der Waals surface area contributed by atoms with Crippen molar-refractivity contribution in [2.75, 3.05) is 20.7 Å². The van der Waals surface area contributed by atoms with Crippen LogP contribution in [-0.2, 0) is 20.9 Å². The van der Waals surface area contributed by atoms with Crippen LogP contribution < -0.4 is 5.32 Å². The lowest BCUT2D eigenvalue weighted by Crippen LogP contribution is -2.57. The van der Waals surface area contributed by atoms with Crippen molar-refractivity contribution in [2.45, 2.75) is 19.9 Å². The van der Waals surface area contributed by atoms with Gasteiger partial charge in [-0.2, -0.15) is 9.48 Å². The molecule has 142 valence electrons. The van der Waals surface area contributed by atoms with Crippen molar-refractivity contribution >= 4 is 29.9 Å². The van der Waals surface area contributed by atoms with Gasteiger partial charge in [-0.1, -0.05) is 6.92 Å². The SMILES string of the molecule is CCC1=C(OC)C2C(=O)N(CC(=O)NCc3ccco3)C(=O)[N+](C)=C2N=C1. The average molecular weight is 373 g/mol. The van der Waals surface area contributed by atoms with Crippen LogP contribution in [0.4, 0.5) is 4.79 Å². The number of nitrogens with zero attached hydrogens (tertiary/aromatic N) is 3. The molecule has 0 saturated carbocycles. The van der Waals surface area contributed by atoms with Crippen LogP contribution in [0.5, 0.6) is 0 Å². The number of imide groups is 1. The summed E-state index contributed by atoms with van der Waals surface area (Å²) in [5.41, 5.74) is 0.782. The Labute approximate surface area is 156 Å². The number of methoxy groups -OCH3 is 1. The van der Waals surface area contributed by atoms with Crippen LogP contribution in [0.2, 0.25) is 0 Å². The van der Waals surface area contributed by atoms with Crippen molar-refractivity contribution in [2.24, 2.45) is 10.9 Å². The van der Waals surface area contributed by atoms with E-state index in [0.29, 0.717) is 23.8 Å². The second kappa shape index (κ2) is 7.56. The molecule has 1 atom stereocenters. The second-order valence-corrected chi connectivity index (χ2v) is 6.12. The van der Waals surface area contributed by atoms with Gasteiger partial charge in [0.25, 0.3) is 11.7 Å². The first-order chi connectivity index (χ1) is 13.0. The number of dihydropyridines is 1. The molecule has 0 spiro atoms. The molecule has 0 aromatic carbocycles. The van der Waals surface area contributed by atoms with Gasteiger partial charge in [-0.25, -0.2) is 4.79 Å². The highest BCUT2D eigenvalue weighted by atomic mass is 16.5. The fourth-order valence-corrected chi connectivity index (χ4v) is 3.08. The summed E-state index contributed by atoms with van der Waals surface area (Å²) in [7, 11) is 3.00. The normalized spacial score (nSPS) is 19.5. The molecule has 3 heterocycles. The number of amides is 4. The van der Waals surface area contributed by atoms with Crippen LogP contribution in [0.1, 0.15) is 19.1 Å². The number of fused-ring (bicyclic) bond motifs is 1. The molecule has 2 aliphatic rings. The van der Waals surface area contributed by atoms with Crippen LogP contribution in [0.15, 0.2) is 39.1 Å². The molecule has 1 N–H and O–H groups in total. The lowest BCUT2D eigenvalue weighted by atomic mass is 9.94. The summed E-state index contributed by atoms with van der Waals surface area (Å²) in [4.78, 5) is 43.0. The van der Waals surface area contributed by atoms with E-state index in [1.165, 1.54) is 25.0 Å². The van der Waals surface area contributed by atoms with Gasteiger partial charge in [0.15, 0.2) is 12.5 Å². The number of amidine groups is 1. The summed E-state index contributed by atoms with van der Waals surface area (Å²) >= 11 is 0. The van der Waals surface area contributed by atoms with Gasteiger partial charge >= 0.3 is 11.9 Å². The predicted octanol–water partition coefficient (Wildman–Crippen LogP) is 0.910. The molecule has 9 nitrogen and oxygen atoms in total. The summed E-state index contributed by atoms with van der Waals surface area (Å²) in [5.74, 6) is -0.510. The predicted molar refractivity (Wildman–Crippen MR) is 95.2 cm³/mol. The second-order valence-electron chi connectivity index (χ2n) is 6.12. The number of ether oxygens (including phenoxy) is 1. The van der Waals surface area contributed by atoms with Crippen molar-refractivity contribution in [1.82, 2.24) is 10.2 Å². The largest absolute Gasteiger partial charge is 0.499 e. The van der Waals surface area contributed by atoms with Crippen LogP contribution in [-0.4, -0.2) is 60.1 Å². The van der Waals surface area contributed by atoms with Crippen molar-refractivity contribution in [1.29, 1.82) is 0 Å². The highest BCUT2D eigenvalue weighted by molar-refractivity contribution is 6.16. The van der Waals surface area contributed by atoms with Gasteiger partial charge in [0.1, 0.15) is 17.7 Å². The molecular formula is C18H21N4O5+. The first kappa shape index (κ1) is 18.6. The molecule has 0 aliphatic carbocycles. The van der Waals surface area contributed by atoms with E-state index in [0.717, 1.165) is 10.5 Å². The highest BCUT2D eigenvalue weighted by Crippen LogP contribution is 2.28. The lowest BCUT2D eigenvalue weighted by Gasteiger charge is -2.28. The first-order valence-electron chi connectivity index (χ1n) is 8.54. The maximum absolute atomic E-state index is 13.0. The van der Waals surface area contributed by atoms with E-state index in [4.69, 9.17) is 9.15 Å². The molecule has 1 unspecified atom stereocenters. The standard InChI is InChI=1S/C18H20N4O5/c1-4-11-8-20-16-14(15(11)26-3)17(24)22(18(25)21(16)2)10-13(23)19-9-12-6-5-7-27-12/h5-8,14H,4,9-10H2,1-3H3/p+1. The van der Waals surface area contributed by atoms with Crippen LogP contribution in [0.25, 0.3) is 0 Å². The van der Waals surface area contributed by atoms with Crippen molar-refractivity contribution in [3.63, 3.8) is 0 Å². The number of carbonyl (C=O) groups is 3. The molecular weight excluding hydrogens is 352 g/mol. The van der Waals surface area contributed by atoms with Gasteiger partial charge in [0.05, 0.1) is 27.0 Å². The van der Waals surface area contributed by atoms with E-state index in [2.05, 4.69) is 10.3 Å². The number of furan rings is 1. The number of hydrogen-bond acceptors (Lipinski definition) is 6. The van der Waals surface area contributed by atoms with E-state index >= 15 is 0 Å². The molecule has 2 aliphatic heterocycles. The summed E-state index contributed by atoms with van der Waals surface area (Å²) in [6, 6.07) is 2.82. The molecule has 3 rings (SSSR count). The first-order valence-corrected chi connectivity index (χ1v) is 8.54. The third kappa shape index (κ3) is 3.40. The van der Waals surface area contributed by atoms with Crippen molar-refractivity contribution in [3.05, 3.63) is 35.5 Å². The van der Waals surface area contributed by atoms with E-state index in [1.807, 2.05) is 6.92 Å². The van der Waals surface area contributed by atoms with Gasteiger partial charge in [0.2, 0.25) is 0 Å². The Morgan fingerprint density at radius 1 is 1.44 bits per heavy atom. The third-order valence-electron chi connectivity index (χ3n) is 4.51. The summed E-state index contributed by atoms with van der Waals surface area (Å²) in [5, 5.41) is 2.63. The molecule has 9 heteroatoms. The molecule has 0 bridgehead atoms. The number of carbonyl (C=O) groups excluding carboxylic acids is 3. The number of urea groups is 1. The maximum atomic E-state index is 13.0. The quantitative estimate of drug-likeness (QED) is 0.747. The number of hydrogen-bond donors (Lipinski definition) is 1. The van der Waals surface area contributed by atoms with Gasteiger partial charge < -0.3 is 14.5 Å². The van der Waals surface area contributed by atoms with Crippen molar-refractivity contribution < 1.29 is 28.1 Å². The molecule has 1 aromatic heterocycles. The Bertz CT molecular complexity index is 866. The zero-order valence-corrected chi connectivity index (χ0v) is 15.4. The molecule has 27 heavy (non-hydrogen) atoms. The van der Waals surface area contributed by atoms with Crippen LogP contribution >= 0.6 is 0 Å². The van der Waals surface area contributed by atoms with Gasteiger partial charge in [-0.3, -0.25) is 9.59 Å². The minimum Gasteiger partial charge on any atom is -0.499 e. The number of rotatable bonds is 6. The van der Waals surface area contributed by atoms with Crippen LogP contribution in [0.3, 0.4) is 0 Å². The Morgan fingerprint density at radius 3 is 2.85 bits per heavy atom. The molecule has 0 fully saturated rings. The average Bonchev–Trinajstić information content (AvgIpc) is 3.20. The smallest absolute Gasteiger partial charge is 0.446 e. The molecule has 0 radical (unpaired) electrons. The Balaban J connectivity index is 1.81. The number of allylic oxidation sites excluding steroid dienone is 1. The Morgan fingerprint density at radius 2 is 2.22 bits per heavy atom. The zero-order chi connectivity index (χ0) is 19.6. The summed E-state index contributed by atoms with van der Waals surface area (Å²) < 4.78 is 11.9. The highest BCUT2D eigenvalue weighted by Gasteiger charge is 2.50. The van der Waals surface area contributed by atoms with Crippen LogP contribution in [0, 0.1) is 5.92 Å². The van der Waals surface area contributed by atoms with E-state index in [-0.39, 0.29) is 6.54 Å². The van der Waals surface area contributed by atoms with E-state index in [1.54, 1.807) is 18.3 Å². The Kier molecular flexibility index (Phi) is 5.20. The topological polar surface area (TPSA) is 104 Å². The third-order valence-corrected chi connectivity index (χ3v) is 4.51. The van der Waals surface area contributed by atoms with Gasteiger partial charge in [-0.15, -0.1) is 4.99 Å². The fraction of sp³-hybridized carbons (Fsp3) is 0.389. The number of nitrogens with one attached hydrogen (secondary N) is 1. The zero-order valence-electron chi connectivity index (χ0n) is 15.4. The molecule has 0 saturated heterocycles. The lowest BCUT2D eigenvalue weighted by molar-refractivity contribution is -0.408. The maximum Gasteiger partial charge on any atom is 0.446 e. The molecule has 4 amide bonds. The van der Waals surface area contributed by atoms with Crippen molar-refractivity contribution in [3.8, 4) is 0 Å². The Hall–Kier alpha value is -3.23. The van der Waals surface area contributed by atoms with E-state index in [9.17, 15) is 14.4 Å². The minimum atomic E-state index is -0.837. The monoisotopic (exact) mass is 373 g/mol.